The molecule has 2 unspecified atom stereocenters. The van der Waals surface area contributed by atoms with Crippen molar-refractivity contribution in [3.05, 3.63) is 23.3 Å². The molecule has 0 radical (unpaired) electrons. The Balaban J connectivity index is 1.88. The highest BCUT2D eigenvalue weighted by Crippen LogP contribution is 2.54. The lowest BCUT2D eigenvalue weighted by Crippen LogP contribution is -2.72. The molecule has 3 aliphatic carbocycles. The van der Waals surface area contributed by atoms with Crippen molar-refractivity contribution in [2.75, 3.05) is 19.0 Å². The lowest BCUT2D eigenvalue weighted by molar-refractivity contribution is -0.186. The number of aliphatic hydroxyl groups excluding tert-OH is 1. The summed E-state index contributed by atoms with van der Waals surface area (Å²) in [5, 5.41) is 32.5. The summed E-state index contributed by atoms with van der Waals surface area (Å²) in [4.78, 5) is 65.6. The van der Waals surface area contributed by atoms with Gasteiger partial charge in [0.15, 0.2) is 34.7 Å². The third kappa shape index (κ3) is 2.56. The van der Waals surface area contributed by atoms with Crippen LogP contribution < -0.4 is 10.6 Å². The number of primary amides is 1. The highest BCUT2D eigenvalue weighted by atomic mass is 16.3. The number of nitrogens with two attached hydrogens (primary N) is 1. The zero-order valence-corrected chi connectivity index (χ0v) is 17.7. The van der Waals surface area contributed by atoms with E-state index in [1.165, 1.54) is 0 Å². The number of anilines is 1. The Labute approximate surface area is 183 Å². The number of phenols is 1. The average molecular weight is 444 g/mol. The van der Waals surface area contributed by atoms with E-state index in [1.54, 1.807) is 38.1 Å². The van der Waals surface area contributed by atoms with Gasteiger partial charge in [0.25, 0.3) is 0 Å². The molecule has 5 N–H and O–H groups in total. The zero-order valence-electron chi connectivity index (χ0n) is 17.7. The van der Waals surface area contributed by atoms with Gasteiger partial charge in [-0.05, 0) is 29.9 Å². The number of ketones is 4. The summed E-state index contributed by atoms with van der Waals surface area (Å²) < 4.78 is 0. The molecule has 170 valence electrons. The van der Waals surface area contributed by atoms with Crippen molar-refractivity contribution in [3.8, 4) is 5.75 Å². The minimum Gasteiger partial charge on any atom is -0.505 e. The molecule has 2 saturated carbocycles. The highest BCUT2D eigenvalue weighted by Gasteiger charge is 2.69. The SMILES string of the molecule is C[C@H]1c2ccc(N(C)C)c(O)c2C(=O)C2C(=O)[C@]3(O)C(=O)C(C(N)=O)C(=O)[C@H](O)[C@@H]3C[C@@H]21. The largest absolute Gasteiger partial charge is 0.505 e. The van der Waals surface area contributed by atoms with Crippen LogP contribution in [-0.2, 0) is 19.2 Å². The molecule has 0 aromatic heterocycles. The van der Waals surface area contributed by atoms with Crippen LogP contribution in [0.3, 0.4) is 0 Å². The normalized spacial score (nSPS) is 36.3. The monoisotopic (exact) mass is 444 g/mol. The van der Waals surface area contributed by atoms with Crippen LogP contribution in [0, 0.1) is 23.7 Å². The number of fused-ring (bicyclic) bond motifs is 3. The third-order valence-electron chi connectivity index (χ3n) is 7.36. The highest BCUT2D eigenvalue weighted by molar-refractivity contribution is 6.32. The van der Waals surface area contributed by atoms with Crippen molar-refractivity contribution >= 4 is 34.7 Å². The minimum absolute atomic E-state index is 0.0633. The molecule has 3 aliphatic rings. The number of amides is 1. The third-order valence-corrected chi connectivity index (χ3v) is 7.36. The van der Waals surface area contributed by atoms with E-state index in [2.05, 4.69) is 0 Å². The Morgan fingerprint density at radius 2 is 1.78 bits per heavy atom. The van der Waals surface area contributed by atoms with Crippen LogP contribution >= 0.6 is 0 Å². The Morgan fingerprint density at radius 3 is 2.34 bits per heavy atom. The lowest BCUT2D eigenvalue weighted by Gasteiger charge is -2.51. The smallest absolute Gasteiger partial charge is 0.235 e. The summed E-state index contributed by atoms with van der Waals surface area (Å²) in [6.45, 7) is 1.74. The molecule has 1 amide bonds. The van der Waals surface area contributed by atoms with E-state index >= 15 is 0 Å². The summed E-state index contributed by atoms with van der Waals surface area (Å²) in [6.07, 6.45) is -2.15. The van der Waals surface area contributed by atoms with Crippen LogP contribution in [0.4, 0.5) is 5.69 Å². The van der Waals surface area contributed by atoms with Crippen molar-refractivity contribution in [1.82, 2.24) is 0 Å². The maximum absolute atomic E-state index is 13.5. The molecule has 7 atom stereocenters. The maximum Gasteiger partial charge on any atom is 0.235 e. The first-order valence-electron chi connectivity index (χ1n) is 10.2. The molecule has 10 nitrogen and oxygen atoms in total. The quantitative estimate of drug-likeness (QED) is 0.414. The molecule has 10 heteroatoms. The molecule has 0 aliphatic heterocycles. The number of aliphatic hydroxyl groups is 2. The zero-order chi connectivity index (χ0) is 23.9. The number of rotatable bonds is 2. The number of aromatic hydroxyl groups is 1. The lowest BCUT2D eigenvalue weighted by atomic mass is 9.51. The van der Waals surface area contributed by atoms with Crippen molar-refractivity contribution in [3.63, 3.8) is 0 Å². The summed E-state index contributed by atoms with van der Waals surface area (Å²) in [7, 11) is 3.34. The Kier molecular flexibility index (Phi) is 4.80. The van der Waals surface area contributed by atoms with Gasteiger partial charge in [-0.1, -0.05) is 13.0 Å². The average Bonchev–Trinajstić information content (AvgIpc) is 2.71. The number of nitrogens with zero attached hydrogens (tertiary/aromatic N) is 1. The molecule has 1 aromatic carbocycles. The molecule has 0 bridgehead atoms. The molecular weight excluding hydrogens is 420 g/mol. The van der Waals surface area contributed by atoms with E-state index in [0.29, 0.717) is 11.3 Å². The maximum atomic E-state index is 13.5. The fourth-order valence-electron chi connectivity index (χ4n) is 5.65. The standard InChI is InChI=1S/C22H24N2O8/c1-7-8-4-5-11(24(2)3)16(26)12(8)17(27)13-9(7)6-10-15(25)18(28)14(21(23)31)20(30)22(10,32)19(13)29/h4-5,7,9-10,13-15,25-26,32H,6H2,1-3H3,(H2,23,31)/t7-,9+,10-,13?,14?,15+,22-/m0/s1. The second-order valence-electron chi connectivity index (χ2n) is 9.11. The summed E-state index contributed by atoms with van der Waals surface area (Å²) >= 11 is 0. The van der Waals surface area contributed by atoms with Gasteiger partial charge in [0.1, 0.15) is 11.9 Å². The van der Waals surface area contributed by atoms with Gasteiger partial charge in [-0.15, -0.1) is 0 Å². The minimum atomic E-state index is -2.91. The van der Waals surface area contributed by atoms with Gasteiger partial charge in [0, 0.05) is 20.0 Å². The number of carbonyl (C=O) groups is 5. The Hall–Kier alpha value is -3.11. The van der Waals surface area contributed by atoms with Gasteiger partial charge in [0.2, 0.25) is 5.91 Å². The van der Waals surface area contributed by atoms with E-state index in [9.17, 15) is 39.3 Å². The van der Waals surface area contributed by atoms with Gasteiger partial charge in [-0.2, -0.15) is 0 Å². The fraction of sp³-hybridized carbons (Fsp3) is 0.500. The van der Waals surface area contributed by atoms with E-state index in [4.69, 9.17) is 5.73 Å². The van der Waals surface area contributed by atoms with Crippen molar-refractivity contribution in [2.45, 2.75) is 31.0 Å². The van der Waals surface area contributed by atoms with E-state index in [1.807, 2.05) is 0 Å². The van der Waals surface area contributed by atoms with E-state index in [-0.39, 0.29) is 17.7 Å². The molecule has 0 saturated heterocycles. The molecule has 32 heavy (non-hydrogen) atoms. The van der Waals surface area contributed by atoms with E-state index < -0.39 is 70.3 Å². The number of benzene rings is 1. The first-order chi connectivity index (χ1) is 14.8. The van der Waals surface area contributed by atoms with Crippen molar-refractivity contribution in [1.29, 1.82) is 0 Å². The van der Waals surface area contributed by atoms with Crippen LogP contribution in [0.2, 0.25) is 0 Å². The summed E-state index contributed by atoms with van der Waals surface area (Å²) in [6, 6.07) is 3.31. The number of hydrogen-bond donors (Lipinski definition) is 4. The topological polar surface area (TPSA) is 175 Å². The first-order valence-corrected chi connectivity index (χ1v) is 10.2. The van der Waals surface area contributed by atoms with Gasteiger partial charge in [-0.25, -0.2) is 0 Å². The van der Waals surface area contributed by atoms with E-state index in [0.717, 1.165) is 0 Å². The van der Waals surface area contributed by atoms with Gasteiger partial charge < -0.3 is 26.0 Å². The van der Waals surface area contributed by atoms with Gasteiger partial charge in [0.05, 0.1) is 17.2 Å². The number of hydrogen-bond acceptors (Lipinski definition) is 9. The summed E-state index contributed by atoms with van der Waals surface area (Å²) in [5.74, 6) is -12.6. The van der Waals surface area contributed by atoms with Crippen LogP contribution in [-0.4, -0.2) is 70.2 Å². The first kappa shape index (κ1) is 22.1. The molecule has 0 heterocycles. The van der Waals surface area contributed by atoms with Gasteiger partial charge >= 0.3 is 0 Å². The predicted molar refractivity (Wildman–Crippen MR) is 109 cm³/mol. The van der Waals surface area contributed by atoms with Crippen molar-refractivity contribution in [2.24, 2.45) is 29.4 Å². The molecular formula is C22H24N2O8. The Bertz CT molecular complexity index is 1100. The van der Waals surface area contributed by atoms with Crippen LogP contribution in [0.5, 0.6) is 5.75 Å². The fourth-order valence-corrected chi connectivity index (χ4v) is 5.65. The van der Waals surface area contributed by atoms with Crippen LogP contribution in [0.25, 0.3) is 0 Å². The van der Waals surface area contributed by atoms with Crippen LogP contribution in [0.15, 0.2) is 12.1 Å². The number of Topliss-reactive ketones (excluding diaryl/α,β-unsaturated/α-hetero) is 4. The molecule has 2 fully saturated rings. The predicted octanol–water partition coefficient (Wildman–Crippen LogP) is -1.08. The number of phenolic OH excluding ortho intramolecular Hbond substituents is 1. The second kappa shape index (κ2) is 6.94. The van der Waals surface area contributed by atoms with Gasteiger partial charge in [-0.3, -0.25) is 24.0 Å². The van der Waals surface area contributed by atoms with Crippen molar-refractivity contribution < 1.29 is 39.3 Å². The molecule has 0 spiro atoms. The Morgan fingerprint density at radius 1 is 1.16 bits per heavy atom. The van der Waals surface area contributed by atoms with Crippen LogP contribution in [0.1, 0.15) is 35.2 Å². The molecule has 4 rings (SSSR count). The second-order valence-corrected chi connectivity index (χ2v) is 9.11. The summed E-state index contributed by atoms with van der Waals surface area (Å²) in [5.41, 5.74) is 3.01. The molecule has 1 aromatic rings. The number of carbonyl (C=O) groups excluding carboxylic acids is 5.